The Morgan fingerprint density at radius 2 is 1.84 bits per heavy atom. The van der Waals surface area contributed by atoms with Gasteiger partial charge in [0.25, 0.3) is 0 Å². The van der Waals surface area contributed by atoms with Crippen LogP contribution in [0.15, 0.2) is 0 Å². The van der Waals surface area contributed by atoms with Gasteiger partial charge in [-0.1, -0.05) is 13.8 Å². The molecule has 1 saturated heterocycles. The fourth-order valence-corrected chi connectivity index (χ4v) is 2.70. The average Bonchev–Trinajstić information content (AvgIpc) is 2.57. The van der Waals surface area contributed by atoms with E-state index in [0.717, 1.165) is 6.54 Å². The lowest BCUT2D eigenvalue weighted by atomic mass is 9.94. The Kier molecular flexibility index (Phi) is 4.61. The molecular formula is C14H26N2O3. The van der Waals surface area contributed by atoms with Gasteiger partial charge in [-0.2, -0.15) is 0 Å². The van der Waals surface area contributed by atoms with Crippen LogP contribution in [0.25, 0.3) is 0 Å². The monoisotopic (exact) mass is 270 g/mol. The SMILES string of the molecule is CC(NC(=O)C(C)(C)N1CC(C)C(C)C1C)C(=O)O. The number of likely N-dealkylation sites (tertiary alicyclic amines) is 1. The van der Waals surface area contributed by atoms with Crippen LogP contribution in [0.5, 0.6) is 0 Å². The second kappa shape index (κ2) is 5.49. The highest BCUT2D eigenvalue weighted by atomic mass is 16.4. The number of amides is 1. The van der Waals surface area contributed by atoms with Crippen molar-refractivity contribution in [1.29, 1.82) is 0 Å². The van der Waals surface area contributed by atoms with E-state index in [2.05, 4.69) is 31.0 Å². The number of nitrogens with zero attached hydrogens (tertiary/aromatic N) is 1. The first-order valence-corrected chi connectivity index (χ1v) is 6.89. The summed E-state index contributed by atoms with van der Waals surface area (Å²) in [6.07, 6.45) is 0. The first-order valence-electron chi connectivity index (χ1n) is 6.89. The number of carbonyl (C=O) groups is 2. The molecule has 0 aromatic carbocycles. The number of rotatable bonds is 4. The van der Waals surface area contributed by atoms with Gasteiger partial charge in [0.15, 0.2) is 0 Å². The fourth-order valence-electron chi connectivity index (χ4n) is 2.70. The zero-order valence-electron chi connectivity index (χ0n) is 12.7. The van der Waals surface area contributed by atoms with Gasteiger partial charge in [-0.05, 0) is 39.5 Å². The summed E-state index contributed by atoms with van der Waals surface area (Å²) in [4.78, 5) is 25.3. The average molecular weight is 270 g/mol. The van der Waals surface area contributed by atoms with Gasteiger partial charge in [0, 0.05) is 12.6 Å². The molecule has 5 heteroatoms. The number of nitrogens with one attached hydrogen (secondary N) is 1. The smallest absolute Gasteiger partial charge is 0.325 e. The zero-order chi connectivity index (χ0) is 15.0. The molecule has 0 aromatic heterocycles. The molecule has 1 amide bonds. The van der Waals surface area contributed by atoms with Crippen molar-refractivity contribution in [3.63, 3.8) is 0 Å². The number of carboxylic acids is 1. The molecule has 110 valence electrons. The minimum Gasteiger partial charge on any atom is -0.480 e. The van der Waals surface area contributed by atoms with Crippen molar-refractivity contribution in [2.24, 2.45) is 11.8 Å². The second-order valence-corrected chi connectivity index (χ2v) is 6.32. The van der Waals surface area contributed by atoms with E-state index in [9.17, 15) is 9.59 Å². The summed E-state index contributed by atoms with van der Waals surface area (Å²) in [6.45, 7) is 12.6. The lowest BCUT2D eigenvalue weighted by Crippen LogP contribution is -2.58. The molecule has 0 spiro atoms. The van der Waals surface area contributed by atoms with Crippen molar-refractivity contribution in [2.75, 3.05) is 6.54 Å². The highest BCUT2D eigenvalue weighted by Gasteiger charge is 2.45. The summed E-state index contributed by atoms with van der Waals surface area (Å²) < 4.78 is 0. The highest BCUT2D eigenvalue weighted by Crippen LogP contribution is 2.34. The molecule has 4 unspecified atom stereocenters. The maximum atomic E-state index is 12.3. The van der Waals surface area contributed by atoms with Crippen molar-refractivity contribution in [1.82, 2.24) is 10.2 Å². The molecule has 1 fully saturated rings. The van der Waals surface area contributed by atoms with E-state index >= 15 is 0 Å². The van der Waals surface area contributed by atoms with Gasteiger partial charge >= 0.3 is 5.97 Å². The van der Waals surface area contributed by atoms with E-state index in [-0.39, 0.29) is 5.91 Å². The maximum Gasteiger partial charge on any atom is 0.325 e. The molecule has 1 aliphatic rings. The third-order valence-corrected chi connectivity index (χ3v) is 4.63. The molecule has 0 saturated carbocycles. The molecule has 1 heterocycles. The topological polar surface area (TPSA) is 69.6 Å². The summed E-state index contributed by atoms with van der Waals surface area (Å²) in [5.41, 5.74) is -0.692. The first kappa shape index (κ1) is 16.0. The largest absolute Gasteiger partial charge is 0.480 e. The van der Waals surface area contributed by atoms with E-state index < -0.39 is 17.6 Å². The normalized spacial score (nSPS) is 30.1. The molecule has 0 bridgehead atoms. The molecule has 0 aliphatic carbocycles. The Morgan fingerprint density at radius 1 is 1.32 bits per heavy atom. The minimum absolute atomic E-state index is 0.226. The lowest BCUT2D eigenvalue weighted by molar-refractivity contribution is -0.143. The highest BCUT2D eigenvalue weighted by molar-refractivity contribution is 5.89. The summed E-state index contributed by atoms with van der Waals surface area (Å²) in [6, 6.07) is -0.546. The first-order chi connectivity index (χ1) is 8.59. The number of aliphatic carboxylic acids is 1. The third-order valence-electron chi connectivity index (χ3n) is 4.63. The van der Waals surface area contributed by atoms with Crippen LogP contribution < -0.4 is 5.32 Å². The van der Waals surface area contributed by atoms with E-state index in [1.165, 1.54) is 6.92 Å². The van der Waals surface area contributed by atoms with Gasteiger partial charge in [-0.3, -0.25) is 14.5 Å². The van der Waals surface area contributed by atoms with Gasteiger partial charge < -0.3 is 10.4 Å². The molecule has 19 heavy (non-hydrogen) atoms. The summed E-state index contributed by atoms with van der Waals surface area (Å²) >= 11 is 0. The predicted molar refractivity (Wildman–Crippen MR) is 73.8 cm³/mol. The number of carbonyl (C=O) groups excluding carboxylic acids is 1. The van der Waals surface area contributed by atoms with Crippen molar-refractivity contribution in [2.45, 2.75) is 59.2 Å². The molecule has 1 aliphatic heterocycles. The van der Waals surface area contributed by atoms with Crippen molar-refractivity contribution in [3.8, 4) is 0 Å². The Morgan fingerprint density at radius 3 is 2.21 bits per heavy atom. The predicted octanol–water partition coefficient (Wildman–Crippen LogP) is 1.33. The Bertz CT molecular complexity index is 368. The van der Waals surface area contributed by atoms with Gasteiger partial charge in [-0.25, -0.2) is 0 Å². The van der Waals surface area contributed by atoms with E-state index in [1.54, 1.807) is 0 Å². The quantitative estimate of drug-likeness (QED) is 0.808. The van der Waals surface area contributed by atoms with Crippen molar-refractivity contribution >= 4 is 11.9 Å². The second-order valence-electron chi connectivity index (χ2n) is 6.32. The van der Waals surface area contributed by atoms with Crippen LogP contribution in [0, 0.1) is 11.8 Å². The van der Waals surface area contributed by atoms with Crippen LogP contribution >= 0.6 is 0 Å². The van der Waals surface area contributed by atoms with Crippen LogP contribution in [-0.2, 0) is 9.59 Å². The number of hydrogen-bond donors (Lipinski definition) is 2. The Balaban J connectivity index is 2.80. The van der Waals surface area contributed by atoms with E-state index in [4.69, 9.17) is 5.11 Å². The van der Waals surface area contributed by atoms with Crippen LogP contribution in [0.2, 0.25) is 0 Å². The van der Waals surface area contributed by atoms with Crippen molar-refractivity contribution < 1.29 is 14.7 Å². The van der Waals surface area contributed by atoms with Gasteiger partial charge in [0.1, 0.15) is 6.04 Å². The summed E-state index contributed by atoms with van der Waals surface area (Å²) in [5.74, 6) is -0.168. The third kappa shape index (κ3) is 3.08. The van der Waals surface area contributed by atoms with Gasteiger partial charge in [0.05, 0.1) is 5.54 Å². The number of hydrogen-bond acceptors (Lipinski definition) is 3. The lowest BCUT2D eigenvalue weighted by Gasteiger charge is -2.38. The van der Waals surface area contributed by atoms with Crippen LogP contribution in [0.4, 0.5) is 0 Å². The van der Waals surface area contributed by atoms with Crippen molar-refractivity contribution in [3.05, 3.63) is 0 Å². The summed E-state index contributed by atoms with van der Waals surface area (Å²) in [5, 5.41) is 11.4. The molecule has 1 rings (SSSR count). The standard InChI is InChI=1S/C14H26N2O3/c1-8-7-16(11(4)9(8)2)14(5,6)13(19)15-10(3)12(17)18/h8-11H,7H2,1-6H3,(H,15,19)(H,17,18). The van der Waals surface area contributed by atoms with Crippen LogP contribution in [-0.4, -0.2) is 46.1 Å². The van der Waals surface area contributed by atoms with Gasteiger partial charge in [-0.15, -0.1) is 0 Å². The molecule has 5 nitrogen and oxygen atoms in total. The van der Waals surface area contributed by atoms with Crippen LogP contribution in [0.1, 0.15) is 41.5 Å². The molecule has 4 atom stereocenters. The van der Waals surface area contributed by atoms with Gasteiger partial charge in [0.2, 0.25) is 5.91 Å². The molecule has 2 N–H and O–H groups in total. The Labute approximate surface area is 115 Å². The summed E-state index contributed by atoms with van der Waals surface area (Å²) in [7, 11) is 0. The zero-order valence-corrected chi connectivity index (χ0v) is 12.7. The van der Waals surface area contributed by atoms with Crippen LogP contribution in [0.3, 0.4) is 0 Å². The number of carboxylic acid groups (broad SMARTS) is 1. The maximum absolute atomic E-state index is 12.3. The van der Waals surface area contributed by atoms with E-state index in [0.29, 0.717) is 17.9 Å². The Hall–Kier alpha value is -1.10. The minimum atomic E-state index is -1.01. The fraction of sp³-hybridized carbons (Fsp3) is 0.857. The van der Waals surface area contributed by atoms with E-state index in [1.807, 2.05) is 13.8 Å². The molecule has 0 aromatic rings. The molecular weight excluding hydrogens is 244 g/mol. The molecule has 0 radical (unpaired) electrons.